The van der Waals surface area contributed by atoms with Crippen LogP contribution < -0.4 is 20.3 Å². The highest BCUT2D eigenvalue weighted by Crippen LogP contribution is 2.23. The number of aryl methyl sites for hydroxylation is 1. The summed E-state index contributed by atoms with van der Waals surface area (Å²) in [6.07, 6.45) is 2.16. The largest absolute Gasteiger partial charge is 0.417 e. The second-order valence-corrected chi connectivity index (χ2v) is 10.6. The van der Waals surface area contributed by atoms with Gasteiger partial charge in [0.15, 0.2) is 0 Å². The van der Waals surface area contributed by atoms with Crippen LogP contribution in [0.15, 0.2) is 60.8 Å². The molecule has 0 bridgehead atoms. The predicted octanol–water partition coefficient (Wildman–Crippen LogP) is 4.23. The molecule has 2 aliphatic rings. The first kappa shape index (κ1) is 28.5. The van der Waals surface area contributed by atoms with Gasteiger partial charge in [-0.15, -0.1) is 0 Å². The zero-order valence-corrected chi connectivity index (χ0v) is 23.8. The van der Waals surface area contributed by atoms with Crippen LogP contribution in [0.5, 0.6) is 5.75 Å². The number of morpholine rings is 1. The number of amides is 2. The van der Waals surface area contributed by atoms with Gasteiger partial charge in [0.2, 0.25) is 0 Å². The van der Waals surface area contributed by atoms with Crippen molar-refractivity contribution in [2.24, 2.45) is 0 Å². The van der Waals surface area contributed by atoms with E-state index in [9.17, 15) is 9.59 Å². The predicted molar refractivity (Wildman–Crippen MR) is 160 cm³/mol. The maximum atomic E-state index is 13.0. The van der Waals surface area contributed by atoms with Gasteiger partial charge in [0.05, 0.1) is 13.2 Å². The summed E-state index contributed by atoms with van der Waals surface area (Å²) in [6.45, 7) is 9.89. The van der Waals surface area contributed by atoms with E-state index in [0.717, 1.165) is 57.2 Å². The highest BCUT2D eigenvalue weighted by molar-refractivity contribution is 6.05. The fraction of sp³-hybridized carbons (Fsp3) is 0.387. The van der Waals surface area contributed by atoms with E-state index in [-0.39, 0.29) is 5.91 Å². The van der Waals surface area contributed by atoms with Crippen LogP contribution in [0.3, 0.4) is 0 Å². The maximum Gasteiger partial charge on any atom is 0.417 e. The molecule has 216 valence electrons. The van der Waals surface area contributed by atoms with E-state index in [1.807, 2.05) is 37.3 Å². The Balaban J connectivity index is 1.16. The number of hydrogen-bond donors (Lipinski definition) is 2. The van der Waals surface area contributed by atoms with Crippen LogP contribution in [-0.2, 0) is 11.3 Å². The van der Waals surface area contributed by atoms with Crippen molar-refractivity contribution < 1.29 is 19.1 Å². The molecule has 2 N–H and O–H groups in total. The minimum atomic E-state index is -0.628. The monoisotopic (exact) mass is 558 g/mol. The lowest BCUT2D eigenvalue weighted by Crippen LogP contribution is -2.36. The molecule has 41 heavy (non-hydrogen) atoms. The number of aromatic nitrogens is 1. The summed E-state index contributed by atoms with van der Waals surface area (Å²) in [5, 5.41) is 5.73. The topological polar surface area (TPSA) is 99.3 Å². The van der Waals surface area contributed by atoms with Crippen molar-refractivity contribution in [3.63, 3.8) is 0 Å². The van der Waals surface area contributed by atoms with Crippen LogP contribution in [0.2, 0.25) is 0 Å². The summed E-state index contributed by atoms with van der Waals surface area (Å²) < 4.78 is 10.9. The molecule has 0 spiro atoms. The van der Waals surface area contributed by atoms with E-state index >= 15 is 0 Å². The molecule has 0 radical (unpaired) electrons. The van der Waals surface area contributed by atoms with Crippen molar-refractivity contribution in [3.05, 3.63) is 77.5 Å². The summed E-state index contributed by atoms with van der Waals surface area (Å²) >= 11 is 0. The molecule has 2 amide bonds. The van der Waals surface area contributed by atoms with Crippen LogP contribution >= 0.6 is 0 Å². The molecule has 0 atom stereocenters. The van der Waals surface area contributed by atoms with E-state index in [1.165, 1.54) is 12.0 Å². The van der Waals surface area contributed by atoms with Gasteiger partial charge in [0.25, 0.3) is 5.91 Å². The summed E-state index contributed by atoms with van der Waals surface area (Å²) in [5.41, 5.74) is 3.78. The normalized spacial score (nSPS) is 16.6. The van der Waals surface area contributed by atoms with E-state index in [0.29, 0.717) is 35.9 Å². The van der Waals surface area contributed by atoms with Gasteiger partial charge in [-0.3, -0.25) is 15.0 Å². The third-order valence-corrected chi connectivity index (χ3v) is 7.43. The third kappa shape index (κ3) is 8.03. The highest BCUT2D eigenvalue weighted by Gasteiger charge is 2.16. The number of nitrogens with one attached hydrogen (secondary N) is 2. The van der Waals surface area contributed by atoms with Gasteiger partial charge in [0, 0.05) is 61.9 Å². The summed E-state index contributed by atoms with van der Waals surface area (Å²) in [7, 11) is 2.17. The molecule has 2 aromatic carbocycles. The van der Waals surface area contributed by atoms with Crippen LogP contribution in [-0.4, -0.2) is 86.3 Å². The number of ether oxygens (including phenoxy) is 2. The standard InChI is InChI=1S/C31H38N6O4/c1-23-4-9-26(33-31(39)41-27-10-11-32-29(21-27)37-16-18-40-19-17-37)20-28(23)34-30(38)25-7-5-24(6-8-25)22-36-13-3-12-35(2)14-15-36/h4-11,20-21H,3,12-19,22H2,1-2H3,(H,33,39)(H,34,38). The van der Waals surface area contributed by atoms with Gasteiger partial charge in [-0.2, -0.15) is 0 Å². The Bertz CT molecular complexity index is 1340. The van der Waals surface area contributed by atoms with Crippen molar-refractivity contribution in [3.8, 4) is 5.75 Å². The highest BCUT2D eigenvalue weighted by atomic mass is 16.6. The zero-order valence-electron chi connectivity index (χ0n) is 23.8. The first-order chi connectivity index (χ1) is 19.9. The molecule has 2 saturated heterocycles. The van der Waals surface area contributed by atoms with Crippen molar-refractivity contribution in [2.45, 2.75) is 19.9 Å². The number of pyridine rings is 1. The SMILES string of the molecule is Cc1ccc(NC(=O)Oc2ccnc(N3CCOCC3)c2)cc1NC(=O)c1ccc(CN2CCCN(C)CC2)cc1. The number of benzene rings is 2. The maximum absolute atomic E-state index is 13.0. The Morgan fingerprint density at radius 1 is 0.927 bits per heavy atom. The molecule has 1 aromatic heterocycles. The minimum Gasteiger partial charge on any atom is -0.410 e. The summed E-state index contributed by atoms with van der Waals surface area (Å²) in [5.74, 6) is 0.927. The van der Waals surface area contributed by atoms with Crippen LogP contribution in [0.1, 0.15) is 27.9 Å². The molecule has 10 nitrogen and oxygen atoms in total. The Labute approximate surface area is 241 Å². The quantitative estimate of drug-likeness (QED) is 0.445. The Morgan fingerprint density at radius 3 is 2.54 bits per heavy atom. The van der Waals surface area contributed by atoms with Gasteiger partial charge in [-0.25, -0.2) is 9.78 Å². The molecule has 0 saturated carbocycles. The van der Waals surface area contributed by atoms with Gasteiger partial charge in [-0.05, 0) is 74.9 Å². The van der Waals surface area contributed by atoms with E-state index in [1.54, 1.807) is 30.5 Å². The van der Waals surface area contributed by atoms with E-state index in [2.05, 4.69) is 37.4 Å². The molecule has 0 aliphatic carbocycles. The minimum absolute atomic E-state index is 0.205. The van der Waals surface area contributed by atoms with Crippen molar-refractivity contribution in [1.29, 1.82) is 0 Å². The Hall–Kier alpha value is -3.99. The molecule has 2 aliphatic heterocycles. The second kappa shape index (κ2) is 13.6. The molecule has 5 rings (SSSR count). The first-order valence-electron chi connectivity index (χ1n) is 14.1. The zero-order chi connectivity index (χ0) is 28.6. The van der Waals surface area contributed by atoms with Crippen molar-refractivity contribution >= 4 is 29.2 Å². The fourth-order valence-corrected chi connectivity index (χ4v) is 4.99. The molecule has 0 unspecified atom stereocenters. The lowest BCUT2D eigenvalue weighted by Gasteiger charge is -2.27. The fourth-order valence-electron chi connectivity index (χ4n) is 4.99. The number of rotatable bonds is 7. The molecule has 10 heteroatoms. The van der Waals surface area contributed by atoms with Crippen molar-refractivity contribution in [2.75, 3.05) is 75.1 Å². The molecule has 3 aromatic rings. The van der Waals surface area contributed by atoms with Gasteiger partial charge in [0.1, 0.15) is 11.6 Å². The molecule has 3 heterocycles. The number of nitrogens with zero attached hydrogens (tertiary/aromatic N) is 4. The van der Waals surface area contributed by atoms with Crippen LogP contribution in [0, 0.1) is 6.92 Å². The third-order valence-electron chi connectivity index (χ3n) is 7.43. The van der Waals surface area contributed by atoms with Gasteiger partial charge in [-0.1, -0.05) is 18.2 Å². The number of anilines is 3. The Kier molecular flexibility index (Phi) is 9.45. The second-order valence-electron chi connectivity index (χ2n) is 10.6. The smallest absolute Gasteiger partial charge is 0.410 e. The lowest BCUT2D eigenvalue weighted by atomic mass is 10.1. The van der Waals surface area contributed by atoms with Crippen LogP contribution in [0.4, 0.5) is 22.0 Å². The number of hydrogen-bond acceptors (Lipinski definition) is 8. The molecular weight excluding hydrogens is 520 g/mol. The van der Waals surface area contributed by atoms with E-state index < -0.39 is 6.09 Å². The van der Waals surface area contributed by atoms with Crippen LogP contribution in [0.25, 0.3) is 0 Å². The summed E-state index contributed by atoms with van der Waals surface area (Å²) in [4.78, 5) is 37.0. The Morgan fingerprint density at radius 2 is 1.73 bits per heavy atom. The van der Waals surface area contributed by atoms with Gasteiger partial charge < -0.3 is 24.6 Å². The average Bonchev–Trinajstić information content (AvgIpc) is 3.19. The summed E-state index contributed by atoms with van der Waals surface area (Å²) in [6, 6.07) is 16.5. The number of carbonyl (C=O) groups excluding carboxylic acids is 2. The molecule has 2 fully saturated rings. The van der Waals surface area contributed by atoms with Gasteiger partial charge >= 0.3 is 6.09 Å². The average molecular weight is 559 g/mol. The number of likely N-dealkylation sites (N-methyl/N-ethyl adjacent to an activating group) is 1. The number of carbonyl (C=O) groups is 2. The lowest BCUT2D eigenvalue weighted by molar-refractivity contribution is 0.102. The molecular formula is C31H38N6O4. The first-order valence-corrected chi connectivity index (χ1v) is 14.1. The van der Waals surface area contributed by atoms with Crippen molar-refractivity contribution in [1.82, 2.24) is 14.8 Å². The van der Waals surface area contributed by atoms with E-state index in [4.69, 9.17) is 9.47 Å².